The van der Waals surface area contributed by atoms with E-state index in [0.29, 0.717) is 38.1 Å². The first-order valence-electron chi connectivity index (χ1n) is 14.7. The number of rotatable bonds is 4. The molecule has 2 aromatic rings. The summed E-state index contributed by atoms with van der Waals surface area (Å²) >= 11 is 0. The van der Waals surface area contributed by atoms with Gasteiger partial charge in [0.1, 0.15) is 18.1 Å². The molecule has 3 aliphatic heterocycles. The highest BCUT2D eigenvalue weighted by molar-refractivity contribution is 5.95. The summed E-state index contributed by atoms with van der Waals surface area (Å²) < 4.78 is 11.7. The predicted octanol–water partition coefficient (Wildman–Crippen LogP) is 4.82. The molecule has 3 heterocycles. The number of methoxy groups -OCH3 is 1. The van der Waals surface area contributed by atoms with Crippen LogP contribution in [0.5, 0.6) is 11.5 Å². The van der Waals surface area contributed by atoms with Gasteiger partial charge < -0.3 is 19.7 Å². The number of benzene rings is 2. The second-order valence-corrected chi connectivity index (χ2v) is 11.6. The maximum atomic E-state index is 13.6. The lowest BCUT2D eigenvalue weighted by atomic mass is 9.73. The molecule has 0 saturated carbocycles. The second kappa shape index (κ2) is 12.4. The Morgan fingerprint density at radius 1 is 1.03 bits per heavy atom. The van der Waals surface area contributed by atoms with Gasteiger partial charge in [-0.2, -0.15) is 0 Å². The molecular formula is C32H43N3O4. The fourth-order valence-electron chi connectivity index (χ4n) is 6.39. The number of hydrogen-bond donors (Lipinski definition) is 1. The summed E-state index contributed by atoms with van der Waals surface area (Å²) in [6.45, 7) is 6.62. The van der Waals surface area contributed by atoms with Gasteiger partial charge in [0.2, 0.25) is 5.91 Å². The van der Waals surface area contributed by atoms with Gasteiger partial charge >= 0.3 is 0 Å². The lowest BCUT2D eigenvalue weighted by Gasteiger charge is -2.41. The molecule has 0 bridgehead atoms. The van der Waals surface area contributed by atoms with Crippen LogP contribution in [0, 0.1) is 5.41 Å². The van der Waals surface area contributed by atoms with Crippen molar-refractivity contribution in [3.05, 3.63) is 59.2 Å². The molecular weight excluding hydrogens is 490 g/mol. The van der Waals surface area contributed by atoms with E-state index in [1.54, 1.807) is 7.11 Å². The van der Waals surface area contributed by atoms with Crippen LogP contribution in [-0.2, 0) is 17.8 Å². The van der Waals surface area contributed by atoms with Gasteiger partial charge in [0.05, 0.1) is 18.6 Å². The van der Waals surface area contributed by atoms with E-state index in [9.17, 15) is 9.59 Å². The van der Waals surface area contributed by atoms with E-state index in [-0.39, 0.29) is 17.9 Å². The van der Waals surface area contributed by atoms with Crippen molar-refractivity contribution < 1.29 is 19.1 Å². The quantitative estimate of drug-likeness (QED) is 0.610. The lowest BCUT2D eigenvalue weighted by molar-refractivity contribution is -0.135. The van der Waals surface area contributed by atoms with Crippen LogP contribution in [0.3, 0.4) is 0 Å². The second-order valence-electron chi connectivity index (χ2n) is 11.6. The Morgan fingerprint density at radius 2 is 1.79 bits per heavy atom. The fraction of sp³-hybridized carbons (Fsp3) is 0.562. The number of piperidine rings is 1. The van der Waals surface area contributed by atoms with Crippen molar-refractivity contribution in [2.75, 3.05) is 39.9 Å². The lowest BCUT2D eigenvalue weighted by Crippen LogP contribution is -2.52. The van der Waals surface area contributed by atoms with E-state index in [1.165, 1.54) is 18.4 Å². The molecule has 210 valence electrons. The average Bonchev–Trinajstić information content (AvgIpc) is 3.47. The minimum Gasteiger partial charge on any atom is -0.496 e. The number of hydrogen-bond acceptors (Lipinski definition) is 5. The summed E-state index contributed by atoms with van der Waals surface area (Å²) in [6, 6.07) is 13.9. The summed E-state index contributed by atoms with van der Waals surface area (Å²) in [6.07, 6.45) is 7.61. The zero-order valence-corrected chi connectivity index (χ0v) is 23.5. The molecule has 2 saturated heterocycles. The van der Waals surface area contributed by atoms with Crippen molar-refractivity contribution in [2.45, 2.75) is 70.9 Å². The van der Waals surface area contributed by atoms with Gasteiger partial charge in [-0.1, -0.05) is 24.6 Å². The van der Waals surface area contributed by atoms with Crippen molar-refractivity contribution in [2.24, 2.45) is 5.41 Å². The first kappa shape index (κ1) is 27.5. The van der Waals surface area contributed by atoms with Crippen LogP contribution < -0.4 is 14.8 Å². The number of nitrogens with one attached hydrogen (secondary N) is 1. The third-order valence-electron chi connectivity index (χ3n) is 8.80. The third kappa shape index (κ3) is 6.40. The molecule has 5 rings (SSSR count). The van der Waals surface area contributed by atoms with Crippen LogP contribution in [0.25, 0.3) is 0 Å². The topological polar surface area (TPSA) is 71.1 Å². The molecule has 7 nitrogen and oxygen atoms in total. The molecule has 2 aromatic carbocycles. The standard InChI is InChI=1S/C32H43N3O4/c1-24-23-39-29-11-4-3-9-25(29)10-5-6-14-32(31(37)33-24)15-19-35(20-16-32)30(36)26-12-13-28(38-2)27(21-26)22-34-17-7-8-18-34/h3-4,9,11-13,21,24H,5-8,10,14-20,22-23H2,1-2H3,(H,33,37)/t24-/m1/s1. The number of para-hydroxylation sites is 1. The smallest absolute Gasteiger partial charge is 0.253 e. The summed E-state index contributed by atoms with van der Waals surface area (Å²) in [4.78, 5) is 31.5. The Balaban J connectivity index is 1.25. The van der Waals surface area contributed by atoms with Crippen LogP contribution >= 0.6 is 0 Å². The molecule has 2 fully saturated rings. The van der Waals surface area contributed by atoms with Crippen LogP contribution in [0.1, 0.15) is 73.4 Å². The van der Waals surface area contributed by atoms with Gasteiger partial charge in [-0.3, -0.25) is 14.5 Å². The van der Waals surface area contributed by atoms with Gasteiger partial charge in [0.15, 0.2) is 0 Å². The number of carbonyl (C=O) groups excluding carboxylic acids is 2. The normalized spacial score (nSPS) is 22.3. The molecule has 0 aliphatic carbocycles. The monoisotopic (exact) mass is 533 g/mol. The van der Waals surface area contributed by atoms with Crippen molar-refractivity contribution in [1.82, 2.24) is 15.1 Å². The summed E-state index contributed by atoms with van der Waals surface area (Å²) in [5, 5.41) is 3.23. The molecule has 3 aliphatic rings. The third-order valence-corrected chi connectivity index (χ3v) is 8.80. The molecule has 7 heteroatoms. The first-order valence-corrected chi connectivity index (χ1v) is 14.7. The van der Waals surface area contributed by atoms with E-state index in [0.717, 1.165) is 62.4 Å². The Hall–Kier alpha value is -3.06. The Labute approximate surface area is 232 Å². The summed E-state index contributed by atoms with van der Waals surface area (Å²) in [5.41, 5.74) is 2.56. The average molecular weight is 534 g/mol. The van der Waals surface area contributed by atoms with E-state index < -0.39 is 5.41 Å². The highest BCUT2D eigenvalue weighted by Gasteiger charge is 2.42. The minimum atomic E-state index is -0.440. The van der Waals surface area contributed by atoms with E-state index in [1.807, 2.05) is 42.2 Å². The van der Waals surface area contributed by atoms with Crippen LogP contribution in [0.15, 0.2) is 42.5 Å². The predicted molar refractivity (Wildman–Crippen MR) is 152 cm³/mol. The molecule has 1 N–H and O–H groups in total. The summed E-state index contributed by atoms with van der Waals surface area (Å²) in [5.74, 6) is 1.91. The summed E-state index contributed by atoms with van der Waals surface area (Å²) in [7, 11) is 1.69. The highest BCUT2D eigenvalue weighted by Crippen LogP contribution is 2.38. The minimum absolute atomic E-state index is 0.0436. The Morgan fingerprint density at radius 3 is 2.56 bits per heavy atom. The molecule has 39 heavy (non-hydrogen) atoms. The number of likely N-dealkylation sites (tertiary alicyclic amines) is 2. The number of amides is 2. The maximum absolute atomic E-state index is 13.6. The van der Waals surface area contributed by atoms with Gasteiger partial charge in [-0.05, 0) is 94.8 Å². The largest absolute Gasteiger partial charge is 0.496 e. The molecule has 1 spiro atoms. The van der Waals surface area contributed by atoms with Crippen LogP contribution in [0.2, 0.25) is 0 Å². The Kier molecular flexibility index (Phi) is 8.75. The SMILES string of the molecule is COc1ccc(C(=O)N2CCC3(CCCCc4ccccc4OC[C@@H](C)NC3=O)CC2)cc1CN1CCCC1. The first-order chi connectivity index (χ1) is 19.0. The van der Waals surface area contributed by atoms with Crippen molar-refractivity contribution in [3.63, 3.8) is 0 Å². The van der Waals surface area contributed by atoms with Gasteiger partial charge in [-0.25, -0.2) is 0 Å². The molecule has 0 radical (unpaired) electrons. The molecule has 0 unspecified atom stereocenters. The highest BCUT2D eigenvalue weighted by atomic mass is 16.5. The van der Waals surface area contributed by atoms with Crippen molar-refractivity contribution in [1.29, 1.82) is 0 Å². The number of ether oxygens (including phenoxy) is 2. The Bertz CT molecular complexity index is 1150. The zero-order chi connectivity index (χ0) is 27.2. The molecule has 2 amide bonds. The number of nitrogens with zero attached hydrogens (tertiary/aromatic N) is 2. The van der Waals surface area contributed by atoms with Crippen molar-refractivity contribution in [3.8, 4) is 11.5 Å². The molecule has 1 atom stereocenters. The fourth-order valence-corrected chi connectivity index (χ4v) is 6.39. The molecule has 0 aromatic heterocycles. The van der Waals surface area contributed by atoms with Crippen LogP contribution in [-0.4, -0.2) is 67.6 Å². The number of aryl methyl sites for hydroxylation is 1. The van der Waals surface area contributed by atoms with Crippen molar-refractivity contribution >= 4 is 11.8 Å². The van der Waals surface area contributed by atoms with Gasteiger partial charge in [0.25, 0.3) is 5.91 Å². The van der Waals surface area contributed by atoms with E-state index >= 15 is 0 Å². The van der Waals surface area contributed by atoms with E-state index in [4.69, 9.17) is 9.47 Å². The van der Waals surface area contributed by atoms with Crippen LogP contribution in [0.4, 0.5) is 0 Å². The number of carbonyl (C=O) groups is 2. The maximum Gasteiger partial charge on any atom is 0.253 e. The van der Waals surface area contributed by atoms with Gasteiger partial charge in [0, 0.05) is 30.8 Å². The number of fused-ring (bicyclic) bond motifs is 1. The zero-order valence-electron chi connectivity index (χ0n) is 23.5. The van der Waals surface area contributed by atoms with E-state index in [2.05, 4.69) is 22.3 Å². The van der Waals surface area contributed by atoms with Gasteiger partial charge in [-0.15, -0.1) is 0 Å².